The summed E-state index contributed by atoms with van der Waals surface area (Å²) < 4.78 is 1.85. The number of carbonyl (C=O) groups is 1. The number of aromatic nitrogens is 4. The summed E-state index contributed by atoms with van der Waals surface area (Å²) in [6.45, 7) is 4.75. The van der Waals surface area contributed by atoms with Crippen LogP contribution in [0.4, 0.5) is 0 Å². The molecule has 3 rings (SSSR count). The monoisotopic (exact) mass is 334 g/mol. The van der Waals surface area contributed by atoms with E-state index >= 15 is 0 Å². The first-order chi connectivity index (χ1) is 11.0. The predicted octanol–water partition coefficient (Wildman–Crippen LogP) is 1.20. The lowest BCUT2D eigenvalue weighted by Gasteiger charge is -2.25. The van der Waals surface area contributed by atoms with Gasteiger partial charge in [-0.3, -0.25) is 9.48 Å². The number of nitrogens with one attached hydrogen (secondary N) is 1. The Balaban J connectivity index is 1.76. The van der Waals surface area contributed by atoms with Gasteiger partial charge >= 0.3 is 0 Å². The van der Waals surface area contributed by atoms with E-state index in [0.717, 1.165) is 27.7 Å². The molecule has 1 aliphatic heterocycles. The fourth-order valence-corrected chi connectivity index (χ4v) is 3.74. The van der Waals surface area contributed by atoms with Crippen LogP contribution in [-0.2, 0) is 24.8 Å². The van der Waals surface area contributed by atoms with Gasteiger partial charge in [-0.25, -0.2) is 0 Å². The molecule has 124 valence electrons. The van der Waals surface area contributed by atoms with Crippen LogP contribution in [0, 0.1) is 6.92 Å². The normalized spacial score (nSPS) is 21.4. The SMILES string of the molecule is CCc1nnc(CN[C@@H]2CC(=O)N(C)[C@H]2c2cnn(C)c2C)s1. The van der Waals surface area contributed by atoms with Crippen LogP contribution >= 0.6 is 11.3 Å². The van der Waals surface area contributed by atoms with Crippen LogP contribution in [0.5, 0.6) is 0 Å². The lowest BCUT2D eigenvalue weighted by Crippen LogP contribution is -2.35. The van der Waals surface area contributed by atoms with Crippen molar-refractivity contribution < 1.29 is 4.79 Å². The molecule has 2 aromatic heterocycles. The summed E-state index contributed by atoms with van der Waals surface area (Å²) in [5, 5.41) is 18.2. The van der Waals surface area contributed by atoms with Gasteiger partial charge in [0.05, 0.1) is 18.8 Å². The Morgan fingerprint density at radius 2 is 2.09 bits per heavy atom. The largest absolute Gasteiger partial charge is 0.337 e. The average Bonchev–Trinajstić information content (AvgIpc) is 3.20. The van der Waals surface area contributed by atoms with E-state index in [-0.39, 0.29) is 18.0 Å². The minimum Gasteiger partial charge on any atom is -0.337 e. The van der Waals surface area contributed by atoms with E-state index in [9.17, 15) is 4.79 Å². The molecule has 1 N–H and O–H groups in total. The van der Waals surface area contributed by atoms with Gasteiger partial charge in [-0.05, 0) is 13.3 Å². The zero-order valence-corrected chi connectivity index (χ0v) is 14.7. The molecule has 23 heavy (non-hydrogen) atoms. The maximum Gasteiger partial charge on any atom is 0.224 e. The summed E-state index contributed by atoms with van der Waals surface area (Å²) in [4.78, 5) is 14.0. The predicted molar refractivity (Wildman–Crippen MR) is 88.0 cm³/mol. The van der Waals surface area contributed by atoms with Gasteiger partial charge in [0.25, 0.3) is 0 Å². The Kier molecular flexibility index (Phi) is 4.45. The van der Waals surface area contributed by atoms with Crippen LogP contribution in [0.25, 0.3) is 0 Å². The van der Waals surface area contributed by atoms with Crippen molar-refractivity contribution in [2.75, 3.05) is 7.05 Å². The summed E-state index contributed by atoms with van der Waals surface area (Å²) >= 11 is 1.62. The van der Waals surface area contributed by atoms with Gasteiger partial charge in [0.15, 0.2) is 0 Å². The van der Waals surface area contributed by atoms with E-state index in [0.29, 0.717) is 13.0 Å². The van der Waals surface area contributed by atoms with Crippen molar-refractivity contribution in [3.05, 3.63) is 27.5 Å². The van der Waals surface area contributed by atoms with E-state index in [1.54, 1.807) is 11.3 Å². The molecule has 0 aliphatic carbocycles. The van der Waals surface area contributed by atoms with Crippen molar-refractivity contribution >= 4 is 17.2 Å². The third kappa shape index (κ3) is 3.00. The van der Waals surface area contributed by atoms with Crippen molar-refractivity contribution in [3.63, 3.8) is 0 Å². The molecule has 0 spiro atoms. The number of likely N-dealkylation sites (tertiary alicyclic amines) is 1. The number of nitrogens with zero attached hydrogens (tertiary/aromatic N) is 5. The fraction of sp³-hybridized carbons (Fsp3) is 0.600. The van der Waals surface area contributed by atoms with Crippen LogP contribution in [-0.4, -0.2) is 43.9 Å². The number of amides is 1. The Morgan fingerprint density at radius 1 is 1.35 bits per heavy atom. The van der Waals surface area contributed by atoms with Crippen molar-refractivity contribution in [3.8, 4) is 0 Å². The van der Waals surface area contributed by atoms with E-state index in [1.807, 2.05) is 36.8 Å². The molecule has 2 atom stereocenters. The topological polar surface area (TPSA) is 75.9 Å². The fourth-order valence-electron chi connectivity index (χ4n) is 3.01. The summed E-state index contributed by atoms with van der Waals surface area (Å²) in [5.74, 6) is 0.155. The molecule has 0 radical (unpaired) electrons. The Bertz CT molecular complexity index is 709. The average molecular weight is 334 g/mol. The number of hydrogen-bond donors (Lipinski definition) is 1. The minimum absolute atomic E-state index is 0.00904. The molecule has 1 saturated heterocycles. The van der Waals surface area contributed by atoms with Gasteiger partial charge in [-0.2, -0.15) is 5.10 Å². The van der Waals surface area contributed by atoms with Crippen molar-refractivity contribution in [2.45, 2.75) is 45.3 Å². The first-order valence-electron chi connectivity index (χ1n) is 7.80. The molecular formula is C15H22N6OS. The van der Waals surface area contributed by atoms with Gasteiger partial charge in [-0.1, -0.05) is 6.92 Å². The number of carbonyl (C=O) groups excluding carboxylic acids is 1. The second-order valence-electron chi connectivity index (χ2n) is 5.89. The Hall–Kier alpha value is -1.80. The van der Waals surface area contributed by atoms with Crippen LogP contribution in [0.3, 0.4) is 0 Å². The molecule has 0 aromatic carbocycles. The van der Waals surface area contributed by atoms with Gasteiger partial charge in [0.1, 0.15) is 10.0 Å². The molecule has 0 unspecified atom stereocenters. The smallest absolute Gasteiger partial charge is 0.224 e. The number of likely N-dealkylation sites (N-methyl/N-ethyl adjacent to an activating group) is 1. The van der Waals surface area contributed by atoms with E-state index < -0.39 is 0 Å². The highest BCUT2D eigenvalue weighted by Gasteiger charge is 2.39. The van der Waals surface area contributed by atoms with Crippen molar-refractivity contribution in [2.24, 2.45) is 7.05 Å². The molecule has 7 nitrogen and oxygen atoms in total. The highest BCUT2D eigenvalue weighted by atomic mass is 32.1. The summed E-state index contributed by atoms with van der Waals surface area (Å²) in [5.41, 5.74) is 2.19. The zero-order chi connectivity index (χ0) is 16.6. The number of aryl methyl sites for hydroxylation is 2. The first-order valence-corrected chi connectivity index (χ1v) is 8.61. The second kappa shape index (κ2) is 6.37. The summed E-state index contributed by atoms with van der Waals surface area (Å²) in [6.07, 6.45) is 3.26. The third-order valence-electron chi connectivity index (χ3n) is 4.50. The third-order valence-corrected chi connectivity index (χ3v) is 5.57. The van der Waals surface area contributed by atoms with Crippen LogP contribution < -0.4 is 5.32 Å². The maximum atomic E-state index is 12.2. The van der Waals surface area contributed by atoms with Gasteiger partial charge in [0.2, 0.25) is 5.91 Å². The molecule has 1 amide bonds. The molecule has 1 aliphatic rings. The van der Waals surface area contributed by atoms with Gasteiger partial charge in [0, 0.05) is 37.8 Å². The molecular weight excluding hydrogens is 312 g/mol. The molecule has 2 aromatic rings. The standard InChI is InChI=1S/C15H22N6OS/c1-5-12-18-19-13(23-12)8-16-11-6-14(22)20(3)15(11)10-7-17-21(4)9(10)2/h7,11,15-16H,5-6,8H2,1-4H3/t11-,15+/m1/s1. The van der Waals surface area contributed by atoms with E-state index in [2.05, 4.69) is 27.5 Å². The quantitative estimate of drug-likeness (QED) is 0.889. The second-order valence-corrected chi connectivity index (χ2v) is 7.04. The molecule has 0 saturated carbocycles. The number of hydrogen-bond acceptors (Lipinski definition) is 6. The van der Waals surface area contributed by atoms with Crippen LogP contribution in [0.2, 0.25) is 0 Å². The minimum atomic E-state index is 0.00904. The Labute approximate surface area is 139 Å². The summed E-state index contributed by atoms with van der Waals surface area (Å²) in [7, 11) is 3.78. The molecule has 3 heterocycles. The maximum absolute atomic E-state index is 12.2. The molecule has 0 bridgehead atoms. The van der Waals surface area contributed by atoms with Crippen molar-refractivity contribution in [1.82, 2.24) is 30.2 Å². The van der Waals surface area contributed by atoms with Gasteiger partial charge < -0.3 is 10.2 Å². The first kappa shape index (κ1) is 16.1. The lowest BCUT2D eigenvalue weighted by molar-refractivity contribution is -0.127. The highest BCUT2D eigenvalue weighted by Crippen LogP contribution is 2.33. The lowest BCUT2D eigenvalue weighted by atomic mass is 10.0. The molecule has 8 heteroatoms. The van der Waals surface area contributed by atoms with E-state index in [1.165, 1.54) is 0 Å². The van der Waals surface area contributed by atoms with Crippen LogP contribution in [0.15, 0.2) is 6.20 Å². The van der Waals surface area contributed by atoms with Gasteiger partial charge in [-0.15, -0.1) is 21.5 Å². The Morgan fingerprint density at radius 3 is 2.70 bits per heavy atom. The highest BCUT2D eigenvalue weighted by molar-refractivity contribution is 7.11. The molecule has 1 fully saturated rings. The zero-order valence-electron chi connectivity index (χ0n) is 13.9. The summed E-state index contributed by atoms with van der Waals surface area (Å²) in [6, 6.07) is 0.0687. The van der Waals surface area contributed by atoms with Crippen molar-refractivity contribution in [1.29, 1.82) is 0 Å². The van der Waals surface area contributed by atoms with E-state index in [4.69, 9.17) is 0 Å². The number of rotatable bonds is 5. The van der Waals surface area contributed by atoms with Crippen LogP contribution in [0.1, 0.15) is 40.7 Å².